The van der Waals surface area contributed by atoms with E-state index in [1.807, 2.05) is 19.1 Å². The van der Waals surface area contributed by atoms with Crippen LogP contribution >= 0.6 is 0 Å². The number of nitrogen functional groups attached to an aromatic ring is 1. The lowest BCUT2D eigenvalue weighted by Crippen LogP contribution is -1.98. The van der Waals surface area contributed by atoms with Gasteiger partial charge in [-0.2, -0.15) is 8.42 Å². The van der Waals surface area contributed by atoms with E-state index in [4.69, 9.17) is 10.3 Å². The maximum absolute atomic E-state index is 10.9. The van der Waals surface area contributed by atoms with Crippen molar-refractivity contribution in [1.29, 1.82) is 0 Å². The first kappa shape index (κ1) is 13.4. The van der Waals surface area contributed by atoms with Gasteiger partial charge < -0.3 is 11.1 Å². The first-order chi connectivity index (χ1) is 8.86. The van der Waals surface area contributed by atoms with Gasteiger partial charge in [0.05, 0.1) is 4.90 Å². The predicted molar refractivity (Wildman–Crippen MR) is 75.1 cm³/mol. The molecule has 5 nitrogen and oxygen atoms in total. The third kappa shape index (κ3) is 3.24. The van der Waals surface area contributed by atoms with Gasteiger partial charge in [0.2, 0.25) is 0 Å². The highest BCUT2D eigenvalue weighted by Crippen LogP contribution is 2.22. The van der Waals surface area contributed by atoms with Gasteiger partial charge in [0.15, 0.2) is 0 Å². The van der Waals surface area contributed by atoms with Crippen molar-refractivity contribution in [2.75, 3.05) is 11.1 Å². The Kier molecular flexibility index (Phi) is 3.46. The normalized spacial score (nSPS) is 11.3. The van der Waals surface area contributed by atoms with Crippen molar-refractivity contribution >= 4 is 27.2 Å². The van der Waals surface area contributed by atoms with E-state index in [-0.39, 0.29) is 4.90 Å². The number of hydrogen-bond acceptors (Lipinski definition) is 4. The van der Waals surface area contributed by atoms with Crippen LogP contribution in [0.1, 0.15) is 5.56 Å². The van der Waals surface area contributed by atoms with Crippen LogP contribution in [-0.2, 0) is 10.1 Å². The van der Waals surface area contributed by atoms with Crippen molar-refractivity contribution in [3.05, 3.63) is 48.0 Å². The molecule has 2 aromatic carbocycles. The number of rotatable bonds is 3. The quantitative estimate of drug-likeness (QED) is 0.592. The summed E-state index contributed by atoms with van der Waals surface area (Å²) in [5.41, 5.74) is 8.97. The fourth-order valence-corrected chi connectivity index (χ4v) is 2.11. The zero-order valence-electron chi connectivity index (χ0n) is 10.3. The van der Waals surface area contributed by atoms with Crippen LogP contribution in [0.3, 0.4) is 0 Å². The number of benzene rings is 2. The molecular weight excluding hydrogens is 264 g/mol. The molecule has 0 aliphatic heterocycles. The highest BCUT2D eigenvalue weighted by atomic mass is 32.2. The number of anilines is 3. The van der Waals surface area contributed by atoms with Crippen LogP contribution in [0.4, 0.5) is 17.1 Å². The maximum Gasteiger partial charge on any atom is 0.294 e. The molecule has 0 atom stereocenters. The summed E-state index contributed by atoms with van der Waals surface area (Å²) in [5, 5.41) is 3.12. The molecule has 0 heterocycles. The standard InChI is InChI=1S/C13H14N2O3S/c1-9-8-11(4-7-13(9)14)15-10-2-5-12(6-3-10)19(16,17)18/h2-8,15H,14H2,1H3,(H,16,17,18). The topological polar surface area (TPSA) is 92.4 Å². The number of nitrogens with two attached hydrogens (primary N) is 1. The largest absolute Gasteiger partial charge is 0.399 e. The first-order valence-corrected chi connectivity index (χ1v) is 7.01. The highest BCUT2D eigenvalue weighted by Gasteiger charge is 2.08. The maximum atomic E-state index is 10.9. The third-order valence-electron chi connectivity index (χ3n) is 2.71. The van der Waals surface area contributed by atoms with Crippen molar-refractivity contribution in [3.63, 3.8) is 0 Å². The van der Waals surface area contributed by atoms with Gasteiger partial charge in [-0.05, 0) is 55.0 Å². The van der Waals surface area contributed by atoms with Crippen LogP contribution in [0.15, 0.2) is 47.4 Å². The molecule has 0 aliphatic carbocycles. The van der Waals surface area contributed by atoms with Gasteiger partial charge in [-0.1, -0.05) is 0 Å². The van der Waals surface area contributed by atoms with Gasteiger partial charge in [0.1, 0.15) is 0 Å². The van der Waals surface area contributed by atoms with Crippen LogP contribution < -0.4 is 11.1 Å². The average Bonchev–Trinajstić information content (AvgIpc) is 2.33. The SMILES string of the molecule is Cc1cc(Nc2ccc(S(=O)(=O)O)cc2)ccc1N. The Balaban J connectivity index is 2.22. The minimum Gasteiger partial charge on any atom is -0.399 e. The molecule has 100 valence electrons. The number of aryl methyl sites for hydroxylation is 1. The van der Waals surface area contributed by atoms with Crippen molar-refractivity contribution in [1.82, 2.24) is 0 Å². The van der Waals surface area contributed by atoms with Crippen molar-refractivity contribution in [3.8, 4) is 0 Å². The van der Waals surface area contributed by atoms with Gasteiger partial charge in [-0.15, -0.1) is 0 Å². The second-order valence-corrected chi connectivity index (χ2v) is 5.62. The Morgan fingerprint density at radius 2 is 1.63 bits per heavy atom. The molecule has 0 radical (unpaired) electrons. The molecule has 0 bridgehead atoms. The van der Waals surface area contributed by atoms with E-state index >= 15 is 0 Å². The summed E-state index contributed by atoms with van der Waals surface area (Å²) in [6.45, 7) is 1.90. The zero-order valence-corrected chi connectivity index (χ0v) is 11.1. The summed E-state index contributed by atoms with van der Waals surface area (Å²) < 4.78 is 30.7. The lowest BCUT2D eigenvalue weighted by Gasteiger charge is -2.09. The molecule has 2 aromatic rings. The minimum atomic E-state index is -4.15. The van der Waals surface area contributed by atoms with Gasteiger partial charge in [0, 0.05) is 17.1 Å². The van der Waals surface area contributed by atoms with E-state index in [2.05, 4.69) is 5.32 Å². The first-order valence-electron chi connectivity index (χ1n) is 5.57. The van der Waals surface area contributed by atoms with Crippen molar-refractivity contribution < 1.29 is 13.0 Å². The monoisotopic (exact) mass is 278 g/mol. The molecule has 2 rings (SSSR count). The Morgan fingerprint density at radius 3 is 2.16 bits per heavy atom. The zero-order chi connectivity index (χ0) is 14.0. The van der Waals surface area contributed by atoms with Crippen LogP contribution in [0, 0.1) is 6.92 Å². The predicted octanol–water partition coefficient (Wildman–Crippen LogP) is 2.57. The van der Waals surface area contributed by atoms with E-state index in [1.165, 1.54) is 12.1 Å². The molecule has 4 N–H and O–H groups in total. The van der Waals surface area contributed by atoms with Gasteiger partial charge >= 0.3 is 0 Å². The van der Waals surface area contributed by atoms with Crippen LogP contribution in [0.2, 0.25) is 0 Å². The van der Waals surface area contributed by atoms with E-state index in [0.29, 0.717) is 5.69 Å². The lowest BCUT2D eigenvalue weighted by molar-refractivity contribution is 0.483. The molecule has 0 saturated carbocycles. The summed E-state index contributed by atoms with van der Waals surface area (Å²) in [7, 11) is -4.15. The molecule has 0 spiro atoms. The Bertz CT molecular complexity index is 694. The van der Waals surface area contributed by atoms with E-state index < -0.39 is 10.1 Å². The molecule has 6 heteroatoms. The summed E-state index contributed by atoms with van der Waals surface area (Å²) >= 11 is 0. The number of hydrogen-bond donors (Lipinski definition) is 3. The highest BCUT2D eigenvalue weighted by molar-refractivity contribution is 7.85. The average molecular weight is 278 g/mol. The fourth-order valence-electron chi connectivity index (χ4n) is 1.63. The van der Waals surface area contributed by atoms with Crippen LogP contribution in [0.5, 0.6) is 0 Å². The van der Waals surface area contributed by atoms with Gasteiger partial charge in [0.25, 0.3) is 10.1 Å². The summed E-state index contributed by atoms with van der Waals surface area (Å²) in [6.07, 6.45) is 0. The van der Waals surface area contributed by atoms with Crippen LogP contribution in [0.25, 0.3) is 0 Å². The second kappa shape index (κ2) is 4.91. The molecule has 0 saturated heterocycles. The molecule has 0 unspecified atom stereocenters. The summed E-state index contributed by atoms with van der Waals surface area (Å²) in [4.78, 5) is -0.133. The molecule has 19 heavy (non-hydrogen) atoms. The molecular formula is C13H14N2O3S. The van der Waals surface area contributed by atoms with Crippen LogP contribution in [-0.4, -0.2) is 13.0 Å². The van der Waals surface area contributed by atoms with E-state index in [0.717, 1.165) is 16.9 Å². The number of nitrogens with one attached hydrogen (secondary N) is 1. The smallest absolute Gasteiger partial charge is 0.294 e. The Morgan fingerprint density at radius 1 is 1.05 bits per heavy atom. The fraction of sp³-hybridized carbons (Fsp3) is 0.0769. The summed E-state index contributed by atoms with van der Waals surface area (Å²) in [6, 6.07) is 11.3. The van der Waals surface area contributed by atoms with Crippen molar-refractivity contribution in [2.24, 2.45) is 0 Å². The minimum absolute atomic E-state index is 0.133. The summed E-state index contributed by atoms with van der Waals surface area (Å²) in [5.74, 6) is 0. The molecule has 0 amide bonds. The molecule has 0 aliphatic rings. The molecule has 0 aromatic heterocycles. The van der Waals surface area contributed by atoms with E-state index in [1.54, 1.807) is 18.2 Å². The Labute approximate surface area is 111 Å². The lowest BCUT2D eigenvalue weighted by atomic mass is 10.2. The molecule has 0 fully saturated rings. The van der Waals surface area contributed by atoms with Gasteiger partial charge in [-0.3, -0.25) is 4.55 Å². The van der Waals surface area contributed by atoms with Crippen molar-refractivity contribution in [2.45, 2.75) is 11.8 Å². The van der Waals surface area contributed by atoms with E-state index in [9.17, 15) is 8.42 Å². The second-order valence-electron chi connectivity index (χ2n) is 4.20. The van der Waals surface area contributed by atoms with Gasteiger partial charge in [-0.25, -0.2) is 0 Å². The Hall–Kier alpha value is -2.05. The third-order valence-corrected chi connectivity index (χ3v) is 3.58.